The van der Waals surface area contributed by atoms with Gasteiger partial charge in [-0.05, 0) is 68.5 Å². The topological polar surface area (TPSA) is 271 Å². The van der Waals surface area contributed by atoms with E-state index in [4.69, 9.17) is 10.5 Å². The number of carbonyl (C=O) groups is 7. The Bertz CT molecular complexity index is 1810. The summed E-state index contributed by atoms with van der Waals surface area (Å²) in [5.41, 5.74) is 7.31. The lowest BCUT2D eigenvalue weighted by Gasteiger charge is -2.26. The number of carboxylic acid groups (broad SMARTS) is 2. The average molecular weight is 770 g/mol. The third-order valence-electron chi connectivity index (χ3n) is 7.83. The first-order chi connectivity index (χ1) is 25.4. The van der Waals surface area contributed by atoms with E-state index in [9.17, 15) is 43.8 Å². The number of hydrogen-bond acceptors (Lipinski definition) is 10. The number of H-pyrrole nitrogens is 1. The number of alkyl carbamates (subject to hydrolysis) is 1. The Kier molecular flexibility index (Phi) is 15.7. The molecule has 4 atom stereocenters. The molecule has 0 aliphatic heterocycles. The van der Waals surface area contributed by atoms with Crippen molar-refractivity contribution in [3.05, 3.63) is 65.9 Å². The van der Waals surface area contributed by atoms with Crippen LogP contribution in [0.15, 0.2) is 54.7 Å². The molecule has 292 valence electrons. The fourth-order valence-electron chi connectivity index (χ4n) is 5.24. The quantitative estimate of drug-likeness (QED) is 0.0782. The number of ether oxygens (including phenoxy) is 1. The third kappa shape index (κ3) is 14.0. The highest BCUT2D eigenvalue weighted by molar-refractivity contribution is 7.98. The van der Waals surface area contributed by atoms with Crippen LogP contribution in [0.5, 0.6) is 0 Å². The van der Waals surface area contributed by atoms with Gasteiger partial charge >= 0.3 is 18.0 Å². The first-order valence-corrected chi connectivity index (χ1v) is 18.4. The van der Waals surface area contributed by atoms with E-state index in [1.807, 2.05) is 18.2 Å². The molecule has 2 aromatic carbocycles. The Morgan fingerprint density at radius 3 is 2.06 bits per heavy atom. The van der Waals surface area contributed by atoms with Crippen LogP contribution in [-0.4, -0.2) is 105 Å². The maximum atomic E-state index is 13.9. The molecule has 54 heavy (non-hydrogen) atoms. The third-order valence-corrected chi connectivity index (χ3v) is 8.48. The van der Waals surface area contributed by atoms with Crippen molar-refractivity contribution in [2.75, 3.05) is 24.3 Å². The van der Waals surface area contributed by atoms with Crippen molar-refractivity contribution in [3.63, 3.8) is 0 Å². The van der Waals surface area contributed by atoms with Crippen LogP contribution in [0.25, 0.3) is 10.9 Å². The molecule has 0 aliphatic carbocycles. The SMILES string of the molecule is CSCC[C@H](NC(=O)[C@H](Cc1c[nH]c2ccccc12)NC(=O)CNC(=O)OC(C)(C)C)C(=O)N[C@@H](CC(=O)O)C(=O)N[C@@H](Cc1ccc(N)cc1)C(=O)O. The lowest BCUT2D eigenvalue weighted by molar-refractivity contribution is -0.143. The van der Waals surface area contributed by atoms with Crippen LogP contribution in [0.2, 0.25) is 0 Å². The molecule has 1 heterocycles. The van der Waals surface area contributed by atoms with Gasteiger partial charge in [-0.2, -0.15) is 11.8 Å². The summed E-state index contributed by atoms with van der Waals surface area (Å²) in [6.45, 7) is 4.45. The minimum Gasteiger partial charge on any atom is -0.481 e. The Morgan fingerprint density at radius 2 is 1.43 bits per heavy atom. The highest BCUT2D eigenvalue weighted by Crippen LogP contribution is 2.19. The van der Waals surface area contributed by atoms with Crippen LogP contribution < -0.4 is 32.3 Å². The van der Waals surface area contributed by atoms with Gasteiger partial charge < -0.3 is 52.3 Å². The number of fused-ring (bicyclic) bond motifs is 1. The number of benzene rings is 2. The van der Waals surface area contributed by atoms with E-state index in [-0.39, 0.29) is 19.3 Å². The Balaban J connectivity index is 1.81. The van der Waals surface area contributed by atoms with Gasteiger partial charge in [0.05, 0.1) is 6.42 Å². The molecule has 3 rings (SSSR count). The van der Waals surface area contributed by atoms with Crippen LogP contribution in [-0.2, 0) is 46.3 Å². The van der Waals surface area contributed by atoms with Crippen molar-refractivity contribution >= 4 is 70.0 Å². The van der Waals surface area contributed by atoms with E-state index < -0.39 is 84.4 Å². The number of hydrogen-bond donors (Lipinski definition) is 9. The van der Waals surface area contributed by atoms with Gasteiger partial charge in [0, 0.05) is 35.6 Å². The molecule has 0 saturated heterocycles. The number of anilines is 1. The van der Waals surface area contributed by atoms with Crippen molar-refractivity contribution in [1.82, 2.24) is 31.6 Å². The Labute approximate surface area is 315 Å². The van der Waals surface area contributed by atoms with Crippen LogP contribution in [0, 0.1) is 0 Å². The molecule has 3 aromatic rings. The molecule has 0 aliphatic rings. The van der Waals surface area contributed by atoms with Gasteiger partial charge in [0.2, 0.25) is 23.6 Å². The second kappa shape index (κ2) is 19.9. The number of nitrogens with two attached hydrogens (primary N) is 1. The lowest BCUT2D eigenvalue weighted by atomic mass is 10.0. The van der Waals surface area contributed by atoms with Crippen LogP contribution in [0.4, 0.5) is 10.5 Å². The maximum absolute atomic E-state index is 13.9. The molecule has 0 bridgehead atoms. The number of carbonyl (C=O) groups excluding carboxylic acids is 5. The van der Waals surface area contributed by atoms with E-state index in [0.29, 0.717) is 22.6 Å². The molecule has 1 aromatic heterocycles. The summed E-state index contributed by atoms with van der Waals surface area (Å²) in [7, 11) is 0. The molecule has 10 N–H and O–H groups in total. The number of nitrogens with one attached hydrogen (secondary N) is 6. The fraction of sp³-hybridized carbons (Fsp3) is 0.417. The number of aromatic amines is 1. The monoisotopic (exact) mass is 769 g/mol. The second-order valence-electron chi connectivity index (χ2n) is 13.4. The maximum Gasteiger partial charge on any atom is 0.408 e. The highest BCUT2D eigenvalue weighted by atomic mass is 32.2. The normalized spacial score (nSPS) is 13.4. The summed E-state index contributed by atoms with van der Waals surface area (Å²) in [4.78, 5) is 92.9. The fourth-order valence-corrected chi connectivity index (χ4v) is 5.71. The number of rotatable bonds is 19. The Morgan fingerprint density at radius 1 is 0.815 bits per heavy atom. The molecular weight excluding hydrogens is 723 g/mol. The van der Waals surface area contributed by atoms with Gasteiger partial charge in [-0.3, -0.25) is 24.0 Å². The van der Waals surface area contributed by atoms with Crippen molar-refractivity contribution in [3.8, 4) is 0 Å². The van der Waals surface area contributed by atoms with Crippen molar-refractivity contribution in [2.45, 2.75) is 76.2 Å². The van der Waals surface area contributed by atoms with Gasteiger partial charge in [0.25, 0.3) is 0 Å². The van der Waals surface area contributed by atoms with Gasteiger partial charge in [-0.25, -0.2) is 9.59 Å². The predicted octanol–water partition coefficient (Wildman–Crippen LogP) is 1.31. The molecule has 0 saturated carbocycles. The number of aliphatic carboxylic acids is 2. The predicted molar refractivity (Wildman–Crippen MR) is 201 cm³/mol. The number of aromatic nitrogens is 1. The highest BCUT2D eigenvalue weighted by Gasteiger charge is 2.33. The molecule has 0 fully saturated rings. The Hall–Kier alpha value is -5.78. The standard InChI is InChI=1S/C36H47N7O10S/c1-36(2,3)53-35(52)39-19-29(44)40-26(16-21-18-38-24-8-6-5-7-23(21)24)32(48)41-25(13-14-54-4)31(47)42-27(17-30(45)46)33(49)43-28(34(50)51)15-20-9-11-22(37)12-10-20/h5-12,18,25-28,38H,13-17,19,37H2,1-4H3,(H,39,52)(H,40,44)(H,41,48)(H,42,47)(H,43,49)(H,45,46)(H,50,51)/t25-,26-,27-,28-/m0/s1. The van der Waals surface area contributed by atoms with E-state index in [1.165, 1.54) is 11.8 Å². The van der Waals surface area contributed by atoms with Crippen molar-refractivity contribution < 1.29 is 48.5 Å². The van der Waals surface area contributed by atoms with Gasteiger partial charge in [-0.15, -0.1) is 0 Å². The summed E-state index contributed by atoms with van der Waals surface area (Å²) in [5.74, 6) is -5.96. The van der Waals surface area contributed by atoms with Crippen LogP contribution >= 0.6 is 11.8 Å². The molecule has 18 heteroatoms. The van der Waals surface area contributed by atoms with E-state index in [1.54, 1.807) is 63.6 Å². The number of para-hydroxylation sites is 1. The van der Waals surface area contributed by atoms with E-state index in [2.05, 4.69) is 31.6 Å². The summed E-state index contributed by atoms with van der Waals surface area (Å²) in [6, 6.07) is 7.83. The zero-order valence-electron chi connectivity index (χ0n) is 30.4. The second-order valence-corrected chi connectivity index (χ2v) is 14.4. The number of amides is 5. The molecule has 0 unspecified atom stereocenters. The van der Waals surface area contributed by atoms with Crippen LogP contribution in [0.1, 0.15) is 44.7 Å². The largest absolute Gasteiger partial charge is 0.481 e. The molecule has 17 nitrogen and oxygen atoms in total. The minimum atomic E-state index is -1.71. The smallest absolute Gasteiger partial charge is 0.408 e. The van der Waals surface area contributed by atoms with Crippen molar-refractivity contribution in [2.24, 2.45) is 0 Å². The van der Waals surface area contributed by atoms with E-state index >= 15 is 0 Å². The van der Waals surface area contributed by atoms with Crippen LogP contribution in [0.3, 0.4) is 0 Å². The lowest BCUT2D eigenvalue weighted by Crippen LogP contribution is -2.59. The molecule has 0 radical (unpaired) electrons. The minimum absolute atomic E-state index is 0.0283. The summed E-state index contributed by atoms with van der Waals surface area (Å²) >= 11 is 1.36. The van der Waals surface area contributed by atoms with Gasteiger partial charge in [-0.1, -0.05) is 30.3 Å². The zero-order valence-corrected chi connectivity index (χ0v) is 31.2. The summed E-state index contributed by atoms with van der Waals surface area (Å²) in [6.07, 6.45) is 1.58. The summed E-state index contributed by atoms with van der Waals surface area (Å²) in [5, 5.41) is 32.3. The van der Waals surface area contributed by atoms with Gasteiger partial charge in [0.15, 0.2) is 0 Å². The van der Waals surface area contributed by atoms with Gasteiger partial charge in [0.1, 0.15) is 36.3 Å². The number of thioether (sulfide) groups is 1. The zero-order chi connectivity index (χ0) is 40.0. The van der Waals surface area contributed by atoms with E-state index in [0.717, 1.165) is 10.9 Å². The average Bonchev–Trinajstić information content (AvgIpc) is 3.50. The molecule has 0 spiro atoms. The first-order valence-electron chi connectivity index (χ1n) is 17.0. The van der Waals surface area contributed by atoms with Crippen molar-refractivity contribution in [1.29, 1.82) is 0 Å². The molecular formula is C36H47N7O10S. The number of nitrogen functional groups attached to an aromatic ring is 1. The molecule has 5 amide bonds. The number of carboxylic acids is 2. The summed E-state index contributed by atoms with van der Waals surface area (Å²) < 4.78 is 5.17. The first kappa shape index (κ1) is 42.6.